The fraction of sp³-hybridized carbons (Fsp3) is 0.333. The van der Waals surface area contributed by atoms with E-state index in [1.165, 1.54) is 26.2 Å². The molecule has 11 heteroatoms. The van der Waals surface area contributed by atoms with Gasteiger partial charge in [0.15, 0.2) is 5.16 Å². The Morgan fingerprint density at radius 3 is 2.62 bits per heavy atom. The molecule has 7 nitrogen and oxygen atoms in total. The molecule has 0 unspecified atom stereocenters. The lowest BCUT2D eigenvalue weighted by Gasteiger charge is -2.11. The van der Waals surface area contributed by atoms with Crippen LogP contribution in [0.25, 0.3) is 11.0 Å². The number of anilines is 1. The van der Waals surface area contributed by atoms with Gasteiger partial charge in [-0.25, -0.2) is 26.5 Å². The molecule has 0 saturated heterocycles. The van der Waals surface area contributed by atoms with E-state index < -0.39 is 27.6 Å². The van der Waals surface area contributed by atoms with Crippen molar-refractivity contribution in [2.24, 2.45) is 0 Å². The number of nitrogens with one attached hydrogen (secondary N) is 1. The molecule has 0 atom stereocenters. The molecule has 3 aromatic rings. The van der Waals surface area contributed by atoms with E-state index in [-0.39, 0.29) is 16.3 Å². The maximum Gasteiger partial charge on any atom is 0.242 e. The van der Waals surface area contributed by atoms with Crippen LogP contribution in [0.1, 0.15) is 19.8 Å². The maximum atomic E-state index is 13.8. The molecule has 1 N–H and O–H groups in total. The lowest BCUT2D eigenvalue weighted by atomic mass is 10.3. The number of carbonyl (C=O) groups is 1. The van der Waals surface area contributed by atoms with Gasteiger partial charge in [-0.2, -0.15) is 0 Å². The molecule has 1 heterocycles. The first-order valence-electron chi connectivity index (χ1n) is 9.94. The highest BCUT2D eigenvalue weighted by Crippen LogP contribution is 2.28. The average Bonchev–Trinajstić information content (AvgIpc) is 3.09. The third-order valence-corrected chi connectivity index (χ3v) is 7.52. The fourth-order valence-corrected chi connectivity index (χ4v) is 4.77. The molecule has 0 aliphatic heterocycles. The van der Waals surface area contributed by atoms with Gasteiger partial charge in [-0.3, -0.25) is 4.79 Å². The van der Waals surface area contributed by atoms with Crippen LogP contribution in [-0.4, -0.2) is 48.0 Å². The van der Waals surface area contributed by atoms with E-state index in [4.69, 9.17) is 0 Å². The first-order valence-corrected chi connectivity index (χ1v) is 12.4. The summed E-state index contributed by atoms with van der Waals surface area (Å²) in [5.41, 5.74) is 1.03. The number of unbranched alkanes of at least 4 members (excludes halogenated alkanes) is 1. The van der Waals surface area contributed by atoms with Crippen LogP contribution in [0.15, 0.2) is 46.5 Å². The number of amides is 1. The predicted molar refractivity (Wildman–Crippen MR) is 121 cm³/mol. The molecule has 0 radical (unpaired) electrons. The summed E-state index contributed by atoms with van der Waals surface area (Å²) >= 11 is 1.14. The Balaban J connectivity index is 1.85. The first kappa shape index (κ1) is 24.1. The van der Waals surface area contributed by atoms with Crippen molar-refractivity contribution in [3.63, 3.8) is 0 Å². The van der Waals surface area contributed by atoms with Crippen molar-refractivity contribution >= 4 is 44.4 Å². The van der Waals surface area contributed by atoms with Crippen molar-refractivity contribution < 1.29 is 22.0 Å². The van der Waals surface area contributed by atoms with E-state index in [0.717, 1.165) is 52.6 Å². The molecule has 1 amide bonds. The number of sulfonamides is 1. The maximum absolute atomic E-state index is 13.8. The number of nitrogens with zero attached hydrogens (tertiary/aromatic N) is 3. The molecule has 0 aliphatic carbocycles. The quantitative estimate of drug-likeness (QED) is 0.465. The molecule has 0 saturated carbocycles. The Bertz CT molecular complexity index is 1240. The van der Waals surface area contributed by atoms with Crippen molar-refractivity contribution in [3.05, 3.63) is 48.0 Å². The smallest absolute Gasteiger partial charge is 0.242 e. The Morgan fingerprint density at radius 2 is 1.94 bits per heavy atom. The predicted octanol–water partition coefficient (Wildman–Crippen LogP) is 4.10. The van der Waals surface area contributed by atoms with Crippen LogP contribution >= 0.6 is 11.8 Å². The molecule has 3 rings (SSSR count). The van der Waals surface area contributed by atoms with E-state index >= 15 is 0 Å². The number of thioether (sulfide) groups is 1. The Hall–Kier alpha value is -2.50. The van der Waals surface area contributed by atoms with Crippen molar-refractivity contribution in [2.75, 3.05) is 25.2 Å². The number of aryl methyl sites for hydroxylation is 1. The molecule has 0 bridgehead atoms. The molecular weight excluding hydrogens is 458 g/mol. The molecule has 172 valence electrons. The molecule has 0 fully saturated rings. The number of imidazole rings is 1. The van der Waals surface area contributed by atoms with Gasteiger partial charge < -0.3 is 9.88 Å². The number of hydrogen-bond donors (Lipinski definition) is 1. The molecule has 0 spiro atoms. The van der Waals surface area contributed by atoms with E-state index in [0.29, 0.717) is 17.2 Å². The summed E-state index contributed by atoms with van der Waals surface area (Å²) in [7, 11) is -0.692. The molecule has 32 heavy (non-hydrogen) atoms. The Kier molecular flexibility index (Phi) is 7.52. The van der Waals surface area contributed by atoms with Crippen LogP contribution in [0, 0.1) is 11.6 Å². The monoisotopic (exact) mass is 482 g/mol. The van der Waals surface area contributed by atoms with E-state index in [1.54, 1.807) is 6.07 Å². The minimum atomic E-state index is -3.61. The topological polar surface area (TPSA) is 84.3 Å². The van der Waals surface area contributed by atoms with Crippen LogP contribution in [0.3, 0.4) is 0 Å². The Labute approximate surface area is 189 Å². The number of hydrogen-bond acceptors (Lipinski definition) is 5. The zero-order valence-corrected chi connectivity index (χ0v) is 19.6. The molecule has 1 aromatic heterocycles. The minimum Gasteiger partial charge on any atom is -0.323 e. The normalized spacial score (nSPS) is 11.9. The van der Waals surface area contributed by atoms with E-state index in [2.05, 4.69) is 17.2 Å². The first-order chi connectivity index (χ1) is 15.1. The Morgan fingerprint density at radius 1 is 1.19 bits per heavy atom. The van der Waals surface area contributed by atoms with Crippen molar-refractivity contribution in [1.82, 2.24) is 13.9 Å². The summed E-state index contributed by atoms with van der Waals surface area (Å²) in [5.74, 6) is -1.97. The van der Waals surface area contributed by atoms with Gasteiger partial charge in [-0.1, -0.05) is 25.1 Å². The number of benzene rings is 2. The van der Waals surface area contributed by atoms with Gasteiger partial charge in [0.25, 0.3) is 0 Å². The highest BCUT2D eigenvalue weighted by molar-refractivity contribution is 7.99. The molecule has 2 aromatic carbocycles. The highest BCUT2D eigenvalue weighted by atomic mass is 32.2. The van der Waals surface area contributed by atoms with E-state index in [9.17, 15) is 22.0 Å². The van der Waals surface area contributed by atoms with Crippen LogP contribution in [0.2, 0.25) is 0 Å². The SMILES string of the molecule is CCCCn1c(SCC(=O)Nc2cc(F)ccc2F)nc2cc(S(=O)(=O)N(C)C)ccc21. The zero-order valence-electron chi connectivity index (χ0n) is 17.9. The van der Waals surface area contributed by atoms with Crippen LogP contribution in [-0.2, 0) is 21.4 Å². The van der Waals surface area contributed by atoms with E-state index in [1.807, 2.05) is 4.57 Å². The van der Waals surface area contributed by atoms with Gasteiger partial charge in [0.1, 0.15) is 11.6 Å². The summed E-state index contributed by atoms with van der Waals surface area (Å²) < 4.78 is 55.1. The fourth-order valence-electron chi connectivity index (χ4n) is 3.01. The van der Waals surface area contributed by atoms with Gasteiger partial charge in [-0.05, 0) is 36.8 Å². The van der Waals surface area contributed by atoms with Crippen molar-refractivity contribution in [3.8, 4) is 0 Å². The van der Waals surface area contributed by atoms with Gasteiger partial charge >= 0.3 is 0 Å². The van der Waals surface area contributed by atoms with Crippen LogP contribution in [0.5, 0.6) is 0 Å². The van der Waals surface area contributed by atoms with Gasteiger partial charge in [0.05, 0.1) is 27.4 Å². The summed E-state index contributed by atoms with van der Waals surface area (Å²) in [4.78, 5) is 17.0. The van der Waals surface area contributed by atoms with Crippen LogP contribution in [0.4, 0.5) is 14.5 Å². The summed E-state index contributed by atoms with van der Waals surface area (Å²) in [6.45, 7) is 2.70. The minimum absolute atomic E-state index is 0.0751. The van der Waals surface area contributed by atoms with Crippen molar-refractivity contribution in [1.29, 1.82) is 0 Å². The highest BCUT2D eigenvalue weighted by Gasteiger charge is 2.20. The summed E-state index contributed by atoms with van der Waals surface area (Å²) in [5, 5.41) is 2.91. The second kappa shape index (κ2) is 9.97. The number of halogens is 2. The van der Waals surface area contributed by atoms with Gasteiger partial charge in [0.2, 0.25) is 15.9 Å². The van der Waals surface area contributed by atoms with Gasteiger partial charge in [0, 0.05) is 26.7 Å². The summed E-state index contributed by atoms with van der Waals surface area (Å²) in [6, 6.07) is 7.60. The van der Waals surface area contributed by atoms with Crippen LogP contribution < -0.4 is 5.32 Å². The standard InChI is InChI=1S/C21H24F2N4O3S2/c1-4-5-10-27-19-9-7-15(32(29,30)26(2)3)12-18(19)25-21(27)31-13-20(28)24-17-11-14(22)6-8-16(17)23/h6-9,11-12H,4-5,10,13H2,1-3H3,(H,24,28). The van der Waals surface area contributed by atoms with Gasteiger partial charge in [-0.15, -0.1) is 0 Å². The number of rotatable bonds is 9. The summed E-state index contributed by atoms with van der Waals surface area (Å²) in [6.07, 6.45) is 1.81. The third kappa shape index (κ3) is 5.28. The largest absolute Gasteiger partial charge is 0.323 e. The second-order valence-electron chi connectivity index (χ2n) is 7.30. The average molecular weight is 483 g/mol. The van der Waals surface area contributed by atoms with Crippen molar-refractivity contribution in [2.45, 2.75) is 36.4 Å². The number of aromatic nitrogens is 2. The molecule has 0 aliphatic rings. The lowest BCUT2D eigenvalue weighted by Crippen LogP contribution is -2.22. The second-order valence-corrected chi connectivity index (χ2v) is 10.4. The zero-order chi connectivity index (χ0) is 23.5. The number of carbonyl (C=O) groups excluding carboxylic acids is 1. The number of fused-ring (bicyclic) bond motifs is 1. The lowest BCUT2D eigenvalue weighted by molar-refractivity contribution is -0.113. The third-order valence-electron chi connectivity index (χ3n) is 4.73. The molecular formula is C21H24F2N4O3S2.